The molecule has 57 heavy (non-hydrogen) atoms. The van der Waals surface area contributed by atoms with Gasteiger partial charge in [-0.15, -0.1) is 0 Å². The molecular weight excluding hydrogens is 693 g/mol. The molecule has 3 nitrogen and oxygen atoms in total. The molecule has 0 saturated carbocycles. The lowest BCUT2D eigenvalue weighted by Crippen LogP contribution is -2.10. The first kappa shape index (κ1) is 32.8. The number of furan rings is 1. The van der Waals surface area contributed by atoms with Crippen molar-refractivity contribution in [3.8, 4) is 39.1 Å². The summed E-state index contributed by atoms with van der Waals surface area (Å²) in [5.41, 5.74) is 15.4. The van der Waals surface area contributed by atoms with Crippen molar-refractivity contribution in [1.82, 2.24) is 4.57 Å². The van der Waals surface area contributed by atoms with Crippen LogP contribution < -0.4 is 4.90 Å². The van der Waals surface area contributed by atoms with Gasteiger partial charge in [-0.05, 0) is 94.5 Å². The van der Waals surface area contributed by atoms with E-state index in [4.69, 9.17) is 4.42 Å². The molecule has 0 aliphatic rings. The monoisotopic (exact) mass is 728 g/mol. The quantitative estimate of drug-likeness (QED) is 0.163. The molecule has 3 heteroatoms. The molecule has 0 unspecified atom stereocenters. The van der Waals surface area contributed by atoms with E-state index in [9.17, 15) is 0 Å². The molecule has 0 aliphatic carbocycles. The average Bonchev–Trinajstić information content (AvgIpc) is 3.84. The topological polar surface area (TPSA) is 21.3 Å². The van der Waals surface area contributed by atoms with Gasteiger partial charge in [-0.2, -0.15) is 0 Å². The highest BCUT2D eigenvalue weighted by Gasteiger charge is 2.20. The van der Waals surface area contributed by atoms with Gasteiger partial charge in [-0.25, -0.2) is 0 Å². The number of aromatic nitrogens is 1. The molecule has 0 saturated heterocycles. The molecule has 11 aromatic rings. The highest BCUT2D eigenvalue weighted by atomic mass is 16.3. The van der Waals surface area contributed by atoms with Gasteiger partial charge in [0, 0.05) is 49.9 Å². The van der Waals surface area contributed by atoms with E-state index in [1.54, 1.807) is 0 Å². The second kappa shape index (κ2) is 13.6. The van der Waals surface area contributed by atoms with Crippen molar-refractivity contribution in [2.45, 2.75) is 0 Å². The third kappa shape index (κ3) is 5.60. The Hall–Kier alpha value is -7.62. The summed E-state index contributed by atoms with van der Waals surface area (Å²) in [5, 5.41) is 4.75. The molecule has 0 fully saturated rings. The minimum absolute atomic E-state index is 0.896. The van der Waals surface area contributed by atoms with Crippen molar-refractivity contribution in [3.63, 3.8) is 0 Å². The van der Waals surface area contributed by atoms with E-state index in [1.165, 1.54) is 32.9 Å². The van der Waals surface area contributed by atoms with Crippen LogP contribution in [-0.2, 0) is 0 Å². The van der Waals surface area contributed by atoms with Crippen LogP contribution in [0.4, 0.5) is 17.1 Å². The van der Waals surface area contributed by atoms with E-state index >= 15 is 0 Å². The summed E-state index contributed by atoms with van der Waals surface area (Å²) in [7, 11) is 0. The zero-order valence-electron chi connectivity index (χ0n) is 31.1. The highest BCUT2D eigenvalue weighted by molar-refractivity contribution is 6.11. The summed E-state index contributed by atoms with van der Waals surface area (Å²) < 4.78 is 8.95. The van der Waals surface area contributed by atoms with E-state index in [2.05, 4.69) is 216 Å². The maximum atomic E-state index is 6.58. The Morgan fingerprint density at radius 2 is 0.860 bits per heavy atom. The number of hydrogen-bond donors (Lipinski definition) is 0. The predicted molar refractivity (Wildman–Crippen MR) is 239 cm³/mol. The van der Waals surface area contributed by atoms with Crippen LogP contribution in [0.1, 0.15) is 0 Å². The minimum atomic E-state index is 0.896. The van der Waals surface area contributed by atoms with Crippen molar-refractivity contribution in [3.05, 3.63) is 218 Å². The van der Waals surface area contributed by atoms with Crippen LogP contribution in [0.25, 0.3) is 82.8 Å². The summed E-state index contributed by atoms with van der Waals surface area (Å²) >= 11 is 0. The zero-order chi connectivity index (χ0) is 37.7. The lowest BCUT2D eigenvalue weighted by molar-refractivity contribution is 0.670. The molecule has 9 aromatic carbocycles. The van der Waals surface area contributed by atoms with Crippen molar-refractivity contribution in [2.75, 3.05) is 4.90 Å². The number of hydrogen-bond acceptors (Lipinski definition) is 2. The fourth-order valence-corrected chi connectivity index (χ4v) is 8.55. The zero-order valence-corrected chi connectivity index (χ0v) is 31.1. The van der Waals surface area contributed by atoms with Gasteiger partial charge >= 0.3 is 0 Å². The molecule has 0 N–H and O–H groups in total. The number of fused-ring (bicyclic) bond motifs is 6. The summed E-state index contributed by atoms with van der Waals surface area (Å²) in [4.78, 5) is 2.36. The molecule has 0 amide bonds. The lowest BCUT2D eigenvalue weighted by Gasteiger charge is -2.27. The van der Waals surface area contributed by atoms with Crippen molar-refractivity contribution in [1.29, 1.82) is 0 Å². The summed E-state index contributed by atoms with van der Waals surface area (Å²) in [6.45, 7) is 0. The van der Waals surface area contributed by atoms with E-state index < -0.39 is 0 Å². The maximum Gasteiger partial charge on any atom is 0.143 e. The van der Waals surface area contributed by atoms with Gasteiger partial charge in [0.15, 0.2) is 0 Å². The van der Waals surface area contributed by atoms with Crippen LogP contribution in [0.3, 0.4) is 0 Å². The maximum absolute atomic E-state index is 6.58. The van der Waals surface area contributed by atoms with Gasteiger partial charge in [0.2, 0.25) is 0 Å². The fraction of sp³-hybridized carbons (Fsp3) is 0. The molecule has 0 aliphatic heterocycles. The average molecular weight is 729 g/mol. The van der Waals surface area contributed by atoms with Crippen molar-refractivity contribution in [2.24, 2.45) is 0 Å². The number of benzene rings is 9. The van der Waals surface area contributed by atoms with E-state index in [0.29, 0.717) is 0 Å². The Balaban J connectivity index is 1.09. The second-order valence-corrected chi connectivity index (χ2v) is 14.5. The lowest BCUT2D eigenvalue weighted by atomic mass is 9.92. The predicted octanol–water partition coefficient (Wildman–Crippen LogP) is 15.2. The SMILES string of the molecule is c1ccc(-c2ccc(N(c3ccc(-n4c5ccccc5c5ccccc54)cc3)c3ccc(-c4cccc5c4oc4ccccc45)c(-c4ccccc4)c3)cc2)cc1. The number of anilines is 3. The summed E-state index contributed by atoms with van der Waals surface area (Å²) in [5.74, 6) is 0. The molecule has 11 rings (SSSR count). The number of para-hydroxylation sites is 4. The molecule has 0 spiro atoms. The van der Waals surface area contributed by atoms with Gasteiger partial charge < -0.3 is 13.9 Å². The number of nitrogens with zero attached hydrogens (tertiary/aromatic N) is 2. The van der Waals surface area contributed by atoms with Gasteiger partial charge in [0.25, 0.3) is 0 Å². The molecule has 268 valence electrons. The summed E-state index contributed by atoms with van der Waals surface area (Å²) in [6, 6.07) is 78.1. The van der Waals surface area contributed by atoms with Crippen LogP contribution in [0.2, 0.25) is 0 Å². The second-order valence-electron chi connectivity index (χ2n) is 14.5. The number of rotatable bonds is 7. The first-order chi connectivity index (χ1) is 28.3. The van der Waals surface area contributed by atoms with Crippen LogP contribution in [0.15, 0.2) is 223 Å². The molecule has 2 aromatic heterocycles. The first-order valence-corrected chi connectivity index (χ1v) is 19.4. The Kier molecular flexibility index (Phi) is 7.82. The molecular formula is C54H36N2O. The van der Waals surface area contributed by atoms with Crippen LogP contribution in [0, 0.1) is 0 Å². The van der Waals surface area contributed by atoms with Gasteiger partial charge in [0.05, 0.1) is 11.0 Å². The van der Waals surface area contributed by atoms with E-state index in [-0.39, 0.29) is 0 Å². The third-order valence-electron chi connectivity index (χ3n) is 11.2. The Morgan fingerprint density at radius 1 is 0.333 bits per heavy atom. The normalized spacial score (nSPS) is 11.5. The van der Waals surface area contributed by atoms with Gasteiger partial charge in [-0.1, -0.05) is 152 Å². The molecule has 0 atom stereocenters. The smallest absolute Gasteiger partial charge is 0.143 e. The highest BCUT2D eigenvalue weighted by Crippen LogP contribution is 2.44. The van der Waals surface area contributed by atoms with Crippen molar-refractivity contribution < 1.29 is 4.42 Å². The van der Waals surface area contributed by atoms with Crippen LogP contribution >= 0.6 is 0 Å². The molecule has 2 heterocycles. The standard InChI is InChI=1S/C54H36N2O/c1-3-14-37(15-4-1)38-26-28-40(29-27-38)55(41-30-32-42(33-31-41)56-51-23-10-7-18-45(51)46-19-8-11-24-52(46)56)43-34-35-44(50(36-43)39-16-5-2-6-17-39)48-21-13-22-49-47-20-9-12-25-53(47)57-54(48)49/h1-36H. The Labute approximate surface area is 330 Å². The first-order valence-electron chi connectivity index (χ1n) is 19.4. The van der Waals surface area contributed by atoms with Crippen LogP contribution in [-0.4, -0.2) is 4.57 Å². The Morgan fingerprint density at radius 3 is 1.54 bits per heavy atom. The third-order valence-corrected chi connectivity index (χ3v) is 11.2. The van der Waals surface area contributed by atoms with Crippen molar-refractivity contribution >= 4 is 60.8 Å². The van der Waals surface area contributed by atoms with E-state index in [0.717, 1.165) is 66.9 Å². The summed E-state index contributed by atoms with van der Waals surface area (Å²) in [6.07, 6.45) is 0. The molecule has 0 bridgehead atoms. The minimum Gasteiger partial charge on any atom is -0.455 e. The van der Waals surface area contributed by atoms with Gasteiger partial charge in [-0.3, -0.25) is 0 Å². The largest absolute Gasteiger partial charge is 0.455 e. The van der Waals surface area contributed by atoms with Crippen LogP contribution in [0.5, 0.6) is 0 Å². The van der Waals surface area contributed by atoms with E-state index in [1.807, 2.05) is 12.1 Å². The molecule has 0 radical (unpaired) electrons. The van der Waals surface area contributed by atoms with Gasteiger partial charge in [0.1, 0.15) is 11.2 Å². The Bertz CT molecular complexity index is 3160. The fourth-order valence-electron chi connectivity index (χ4n) is 8.55.